The molecule has 0 amide bonds. The minimum atomic E-state index is -2.62. The van der Waals surface area contributed by atoms with Crippen molar-refractivity contribution < 1.29 is 20.4 Å². The molecule has 5 heteroatoms. The Morgan fingerprint density at radius 3 is 2.19 bits per heavy atom. The summed E-state index contributed by atoms with van der Waals surface area (Å²) in [6.07, 6.45) is 2.28. The molecule has 2 aromatic carbocycles. The lowest BCUT2D eigenvalue weighted by Crippen LogP contribution is -2.56. The first-order valence-corrected chi connectivity index (χ1v) is 8.27. The number of rotatable bonds is 4. The molecule has 2 aromatic rings. The van der Waals surface area contributed by atoms with E-state index in [2.05, 4.69) is 11.8 Å². The first-order valence-electron chi connectivity index (χ1n) is 8.27. The van der Waals surface area contributed by atoms with E-state index in [0.717, 1.165) is 11.5 Å². The van der Waals surface area contributed by atoms with Gasteiger partial charge in [-0.25, -0.2) is 0 Å². The van der Waals surface area contributed by atoms with Crippen LogP contribution in [-0.4, -0.2) is 38.3 Å². The lowest BCUT2D eigenvalue weighted by atomic mass is 9.98. The highest BCUT2D eigenvalue weighted by atomic mass is 16.6. The fraction of sp³-hybridized carbons (Fsp3) is 0.333. The topological polar surface area (TPSA) is 84.2 Å². The molecule has 0 fully saturated rings. The third-order valence-corrected chi connectivity index (χ3v) is 3.95. The molecule has 0 aliphatic carbocycles. The van der Waals surface area contributed by atoms with Gasteiger partial charge in [0.25, 0.3) is 11.8 Å². The average molecular weight is 355 g/mol. The summed E-state index contributed by atoms with van der Waals surface area (Å²) < 4.78 is 0. The largest absolute Gasteiger partial charge is 0.350 e. The van der Waals surface area contributed by atoms with E-state index in [0.29, 0.717) is 10.3 Å². The third-order valence-electron chi connectivity index (χ3n) is 3.95. The van der Waals surface area contributed by atoms with E-state index in [1.54, 1.807) is 18.2 Å². The maximum Gasteiger partial charge on any atom is 0.258 e. The SMILES string of the molecule is CN(C(O)(O)/C=C/C#CC(C)(C)C)C(O)(O)c1cccc2ccccc12. The fourth-order valence-electron chi connectivity index (χ4n) is 2.45. The molecule has 0 aromatic heterocycles. The molecule has 0 aliphatic rings. The molecule has 0 saturated carbocycles. The molecular formula is C21H25NO4. The highest BCUT2D eigenvalue weighted by molar-refractivity contribution is 5.86. The van der Waals surface area contributed by atoms with E-state index in [1.807, 2.05) is 39.0 Å². The van der Waals surface area contributed by atoms with Crippen molar-refractivity contribution in [1.82, 2.24) is 4.90 Å². The normalized spacial score (nSPS) is 13.3. The number of likely N-dealkylation sites (N-methyl/N-ethyl adjacent to an activating group) is 1. The molecule has 26 heavy (non-hydrogen) atoms. The van der Waals surface area contributed by atoms with Crippen LogP contribution < -0.4 is 0 Å². The summed E-state index contributed by atoms with van der Waals surface area (Å²) in [7, 11) is 1.20. The van der Waals surface area contributed by atoms with E-state index in [1.165, 1.54) is 19.2 Å². The minimum absolute atomic E-state index is 0.139. The molecule has 0 radical (unpaired) electrons. The number of hydrogen-bond donors (Lipinski definition) is 4. The Morgan fingerprint density at radius 2 is 1.54 bits per heavy atom. The second kappa shape index (κ2) is 7.20. The van der Waals surface area contributed by atoms with Crippen LogP contribution in [0.25, 0.3) is 10.8 Å². The van der Waals surface area contributed by atoms with E-state index in [-0.39, 0.29) is 11.0 Å². The van der Waals surface area contributed by atoms with Crippen LogP contribution in [0.5, 0.6) is 0 Å². The van der Waals surface area contributed by atoms with Crippen LogP contribution in [-0.2, 0) is 5.91 Å². The lowest BCUT2D eigenvalue weighted by Gasteiger charge is -2.39. The average Bonchev–Trinajstić information content (AvgIpc) is 2.56. The van der Waals surface area contributed by atoms with E-state index < -0.39 is 11.8 Å². The van der Waals surface area contributed by atoms with Crippen LogP contribution in [0.1, 0.15) is 26.3 Å². The Labute approximate surface area is 153 Å². The lowest BCUT2D eigenvalue weighted by molar-refractivity contribution is -0.365. The van der Waals surface area contributed by atoms with Crippen molar-refractivity contribution in [1.29, 1.82) is 0 Å². The summed E-state index contributed by atoms with van der Waals surface area (Å²) in [5.74, 6) is 0.405. The number of benzene rings is 2. The number of allylic oxidation sites excluding steroid dienone is 1. The van der Waals surface area contributed by atoms with Gasteiger partial charge in [0.2, 0.25) is 0 Å². The summed E-state index contributed by atoms with van der Waals surface area (Å²) in [5.41, 5.74) is -0.0930. The van der Waals surface area contributed by atoms with Gasteiger partial charge in [-0.05, 0) is 50.7 Å². The molecular weight excluding hydrogens is 330 g/mol. The van der Waals surface area contributed by atoms with E-state index in [4.69, 9.17) is 0 Å². The molecule has 0 unspecified atom stereocenters. The monoisotopic (exact) mass is 355 g/mol. The van der Waals surface area contributed by atoms with Crippen molar-refractivity contribution in [3.8, 4) is 11.8 Å². The highest BCUT2D eigenvalue weighted by Crippen LogP contribution is 2.32. The molecule has 138 valence electrons. The van der Waals surface area contributed by atoms with Crippen LogP contribution in [0.3, 0.4) is 0 Å². The minimum Gasteiger partial charge on any atom is -0.350 e. The fourth-order valence-corrected chi connectivity index (χ4v) is 2.45. The van der Waals surface area contributed by atoms with Gasteiger partial charge in [0.05, 0.1) is 0 Å². The Morgan fingerprint density at radius 1 is 0.923 bits per heavy atom. The van der Waals surface area contributed by atoms with Crippen LogP contribution in [0.4, 0.5) is 0 Å². The quantitative estimate of drug-likeness (QED) is 0.499. The van der Waals surface area contributed by atoms with Crippen LogP contribution in [0.2, 0.25) is 0 Å². The summed E-state index contributed by atoms with van der Waals surface area (Å²) in [6, 6.07) is 12.2. The van der Waals surface area contributed by atoms with Gasteiger partial charge in [-0.3, -0.25) is 0 Å². The molecule has 0 bridgehead atoms. The van der Waals surface area contributed by atoms with Gasteiger partial charge in [0.15, 0.2) is 0 Å². The van der Waals surface area contributed by atoms with Crippen LogP contribution in [0.15, 0.2) is 54.6 Å². The first kappa shape index (κ1) is 20.1. The Hall–Kier alpha value is -2.20. The molecule has 5 nitrogen and oxygen atoms in total. The number of nitrogens with zero attached hydrogens (tertiary/aromatic N) is 1. The molecule has 0 heterocycles. The Balaban J connectivity index is 2.37. The van der Waals surface area contributed by atoms with Crippen molar-refractivity contribution >= 4 is 10.8 Å². The number of hydrogen-bond acceptors (Lipinski definition) is 5. The van der Waals surface area contributed by atoms with Crippen LogP contribution in [0, 0.1) is 17.3 Å². The van der Waals surface area contributed by atoms with Crippen molar-refractivity contribution in [2.45, 2.75) is 32.6 Å². The zero-order valence-corrected chi connectivity index (χ0v) is 15.4. The zero-order chi connectivity index (χ0) is 19.6. The first-order chi connectivity index (χ1) is 12.0. The maximum atomic E-state index is 10.7. The smallest absolute Gasteiger partial charge is 0.258 e. The van der Waals surface area contributed by atoms with Crippen LogP contribution >= 0.6 is 0 Å². The zero-order valence-electron chi connectivity index (χ0n) is 15.4. The van der Waals surface area contributed by atoms with Crippen molar-refractivity contribution in [3.05, 3.63) is 60.2 Å². The molecule has 2 rings (SSSR count). The standard InChI is InChI=1S/C21H25NO4/c1-19(2,3)14-7-8-15-20(23,24)22(4)21(25,26)18-13-9-11-16-10-5-6-12-17(16)18/h5-6,8-13,15,23-26H,1-4H3/b15-8+. The molecule has 0 spiro atoms. The van der Waals surface area contributed by atoms with Gasteiger partial charge in [-0.2, -0.15) is 4.90 Å². The highest BCUT2D eigenvalue weighted by Gasteiger charge is 2.43. The summed E-state index contributed by atoms with van der Waals surface area (Å²) >= 11 is 0. The van der Waals surface area contributed by atoms with E-state index >= 15 is 0 Å². The summed E-state index contributed by atoms with van der Waals surface area (Å²) in [5, 5.41) is 43.3. The van der Waals surface area contributed by atoms with Gasteiger partial charge in [-0.15, -0.1) is 0 Å². The van der Waals surface area contributed by atoms with Gasteiger partial charge < -0.3 is 20.4 Å². The molecule has 4 N–H and O–H groups in total. The van der Waals surface area contributed by atoms with Crippen molar-refractivity contribution in [3.63, 3.8) is 0 Å². The Bertz CT molecular complexity index is 861. The number of fused-ring (bicyclic) bond motifs is 1. The maximum absolute atomic E-state index is 10.7. The third kappa shape index (κ3) is 4.50. The Kier molecular flexibility index (Phi) is 5.57. The predicted molar refractivity (Wildman–Crippen MR) is 101 cm³/mol. The second-order valence-electron chi connectivity index (χ2n) is 7.26. The molecule has 0 saturated heterocycles. The molecule has 0 atom stereocenters. The molecule has 0 aliphatic heterocycles. The summed E-state index contributed by atoms with van der Waals surface area (Å²) in [6.45, 7) is 5.79. The van der Waals surface area contributed by atoms with Crippen molar-refractivity contribution in [2.75, 3.05) is 7.05 Å². The number of aliphatic hydroxyl groups is 4. The summed E-state index contributed by atoms with van der Waals surface area (Å²) in [4.78, 5) is 0.650. The van der Waals surface area contributed by atoms with Crippen molar-refractivity contribution in [2.24, 2.45) is 5.41 Å². The van der Waals surface area contributed by atoms with E-state index in [9.17, 15) is 20.4 Å². The van der Waals surface area contributed by atoms with Gasteiger partial charge >= 0.3 is 0 Å². The van der Waals surface area contributed by atoms with Gasteiger partial charge in [-0.1, -0.05) is 54.3 Å². The second-order valence-corrected chi connectivity index (χ2v) is 7.26. The van der Waals surface area contributed by atoms with Gasteiger partial charge in [0.1, 0.15) is 0 Å². The predicted octanol–water partition coefficient (Wildman–Crippen LogP) is 2.11. The van der Waals surface area contributed by atoms with Gasteiger partial charge in [0, 0.05) is 11.0 Å².